The summed E-state index contributed by atoms with van der Waals surface area (Å²) in [6.45, 7) is 4.72. The monoisotopic (exact) mass is 413 g/mol. The third-order valence-corrected chi connectivity index (χ3v) is 5.58. The summed E-state index contributed by atoms with van der Waals surface area (Å²) in [6.07, 6.45) is 5.45. The van der Waals surface area contributed by atoms with Gasteiger partial charge in [0.1, 0.15) is 11.3 Å². The number of nitrogens with one attached hydrogen (secondary N) is 1. The van der Waals surface area contributed by atoms with Crippen molar-refractivity contribution in [1.29, 1.82) is 0 Å². The normalized spacial score (nSPS) is 11.8. The third kappa shape index (κ3) is 4.19. The minimum absolute atomic E-state index is 0.0884. The molecule has 0 unspecified atom stereocenters. The van der Waals surface area contributed by atoms with Crippen LogP contribution in [-0.2, 0) is 4.79 Å². The Bertz CT molecular complexity index is 1260. The first-order valence-corrected chi connectivity index (χ1v) is 10.7. The lowest BCUT2D eigenvalue weighted by Crippen LogP contribution is -2.22. The molecule has 0 radical (unpaired) electrons. The quantitative estimate of drug-likeness (QED) is 0.275. The molecule has 0 saturated heterocycles. The number of rotatable bonds is 7. The van der Waals surface area contributed by atoms with E-state index in [9.17, 15) is 4.79 Å². The number of unbranched alkanes of at least 4 members (excludes halogenated alkanes) is 1. The van der Waals surface area contributed by atoms with Crippen molar-refractivity contribution in [1.82, 2.24) is 5.32 Å². The SMILES string of the molecule is CCCCNC(=O)/C=C(\C)c1cc2c(-c3cccc4ccccc34)coc2cc1OC. The van der Waals surface area contributed by atoms with E-state index in [0.29, 0.717) is 12.3 Å². The molecule has 4 aromatic rings. The lowest BCUT2D eigenvalue weighted by molar-refractivity contribution is -0.116. The number of benzene rings is 3. The Labute approximate surface area is 182 Å². The Balaban J connectivity index is 1.80. The molecule has 4 heteroatoms. The summed E-state index contributed by atoms with van der Waals surface area (Å²) in [4.78, 5) is 12.3. The molecule has 0 aliphatic rings. The maximum atomic E-state index is 12.3. The molecule has 1 N–H and O–H groups in total. The van der Waals surface area contributed by atoms with Crippen molar-refractivity contribution >= 4 is 33.2 Å². The lowest BCUT2D eigenvalue weighted by atomic mass is 9.96. The van der Waals surface area contributed by atoms with Crippen LogP contribution in [0.25, 0.3) is 38.4 Å². The zero-order chi connectivity index (χ0) is 21.8. The number of hydrogen-bond acceptors (Lipinski definition) is 3. The molecule has 0 aliphatic heterocycles. The van der Waals surface area contributed by atoms with E-state index in [0.717, 1.165) is 46.1 Å². The molecule has 1 amide bonds. The van der Waals surface area contributed by atoms with Gasteiger partial charge in [0.2, 0.25) is 5.91 Å². The van der Waals surface area contributed by atoms with Crippen molar-refractivity contribution in [2.45, 2.75) is 26.7 Å². The van der Waals surface area contributed by atoms with Gasteiger partial charge in [-0.2, -0.15) is 0 Å². The Morgan fingerprint density at radius 2 is 1.87 bits per heavy atom. The van der Waals surface area contributed by atoms with Crippen molar-refractivity contribution in [3.63, 3.8) is 0 Å². The maximum Gasteiger partial charge on any atom is 0.244 e. The Hall–Kier alpha value is -3.53. The first-order chi connectivity index (χ1) is 15.1. The highest BCUT2D eigenvalue weighted by Gasteiger charge is 2.16. The number of hydrogen-bond donors (Lipinski definition) is 1. The number of amides is 1. The summed E-state index contributed by atoms with van der Waals surface area (Å²) >= 11 is 0. The van der Waals surface area contributed by atoms with E-state index >= 15 is 0 Å². The number of allylic oxidation sites excluding steroid dienone is 1. The third-order valence-electron chi connectivity index (χ3n) is 5.58. The topological polar surface area (TPSA) is 51.5 Å². The van der Waals surface area contributed by atoms with Gasteiger partial charge < -0.3 is 14.5 Å². The van der Waals surface area contributed by atoms with Crippen LogP contribution in [0.2, 0.25) is 0 Å². The second-order valence-corrected chi connectivity index (χ2v) is 7.70. The first kappa shape index (κ1) is 20.7. The van der Waals surface area contributed by atoms with Gasteiger partial charge in [0, 0.05) is 35.2 Å². The zero-order valence-corrected chi connectivity index (χ0v) is 18.2. The lowest BCUT2D eigenvalue weighted by Gasteiger charge is -2.11. The van der Waals surface area contributed by atoms with Gasteiger partial charge in [0.25, 0.3) is 0 Å². The number of ether oxygens (including phenoxy) is 1. The van der Waals surface area contributed by atoms with Crippen LogP contribution in [0.15, 0.2) is 71.4 Å². The molecule has 1 aromatic heterocycles. The van der Waals surface area contributed by atoms with Crippen LogP contribution < -0.4 is 10.1 Å². The minimum atomic E-state index is -0.0884. The predicted octanol–water partition coefficient (Wildman–Crippen LogP) is 6.58. The number of methoxy groups -OCH3 is 1. The molecule has 0 aliphatic carbocycles. The number of carbonyl (C=O) groups excluding carboxylic acids is 1. The maximum absolute atomic E-state index is 12.3. The van der Waals surface area contributed by atoms with E-state index in [2.05, 4.69) is 48.6 Å². The van der Waals surface area contributed by atoms with Gasteiger partial charge in [-0.1, -0.05) is 55.8 Å². The Morgan fingerprint density at radius 3 is 2.68 bits per heavy atom. The fourth-order valence-corrected chi connectivity index (χ4v) is 3.91. The molecule has 1 heterocycles. The van der Waals surface area contributed by atoms with Crippen LogP contribution >= 0.6 is 0 Å². The summed E-state index contributed by atoms with van der Waals surface area (Å²) in [5.74, 6) is 0.594. The van der Waals surface area contributed by atoms with Crippen LogP contribution in [-0.4, -0.2) is 19.6 Å². The second-order valence-electron chi connectivity index (χ2n) is 7.70. The van der Waals surface area contributed by atoms with Crippen molar-refractivity contribution in [2.24, 2.45) is 0 Å². The van der Waals surface area contributed by atoms with Crippen molar-refractivity contribution in [3.8, 4) is 16.9 Å². The van der Waals surface area contributed by atoms with Crippen LogP contribution in [0, 0.1) is 0 Å². The van der Waals surface area contributed by atoms with Gasteiger partial charge >= 0.3 is 0 Å². The van der Waals surface area contributed by atoms with Gasteiger partial charge in [0.15, 0.2) is 0 Å². The molecule has 31 heavy (non-hydrogen) atoms. The van der Waals surface area contributed by atoms with E-state index in [-0.39, 0.29) is 5.91 Å². The van der Waals surface area contributed by atoms with E-state index in [1.807, 2.05) is 25.1 Å². The summed E-state index contributed by atoms with van der Waals surface area (Å²) in [6, 6.07) is 18.6. The van der Waals surface area contributed by atoms with Gasteiger partial charge in [-0.3, -0.25) is 4.79 Å². The summed E-state index contributed by atoms with van der Waals surface area (Å²) < 4.78 is 11.5. The highest BCUT2D eigenvalue weighted by molar-refractivity contribution is 6.06. The fourth-order valence-electron chi connectivity index (χ4n) is 3.91. The van der Waals surface area contributed by atoms with Crippen LogP contribution in [0.4, 0.5) is 0 Å². The Morgan fingerprint density at radius 1 is 1.06 bits per heavy atom. The van der Waals surface area contributed by atoms with Crippen LogP contribution in [0.1, 0.15) is 32.3 Å². The molecule has 0 bridgehead atoms. The molecule has 0 fully saturated rings. The molecule has 0 spiro atoms. The molecule has 4 nitrogen and oxygen atoms in total. The fraction of sp³-hybridized carbons (Fsp3) is 0.222. The number of carbonyl (C=O) groups is 1. The van der Waals surface area contributed by atoms with E-state index < -0.39 is 0 Å². The van der Waals surface area contributed by atoms with Gasteiger partial charge in [-0.15, -0.1) is 0 Å². The van der Waals surface area contributed by atoms with Gasteiger partial charge in [-0.05, 0) is 41.3 Å². The second kappa shape index (κ2) is 9.09. The summed E-state index contributed by atoms with van der Waals surface area (Å²) in [5, 5.41) is 6.29. The Kier molecular flexibility index (Phi) is 6.08. The van der Waals surface area contributed by atoms with Crippen molar-refractivity contribution in [2.75, 3.05) is 13.7 Å². The average Bonchev–Trinajstić information content (AvgIpc) is 3.20. The first-order valence-electron chi connectivity index (χ1n) is 10.7. The molecule has 0 saturated carbocycles. The van der Waals surface area contributed by atoms with Crippen molar-refractivity contribution < 1.29 is 13.9 Å². The standard InChI is InChI=1S/C27H27NO3/c1-4-5-13-28-27(29)14-18(2)22-15-23-24(17-31-26(23)16-25(22)30-3)21-12-8-10-19-9-6-7-11-20(19)21/h6-12,14-17H,4-5,13H2,1-3H3,(H,28,29)/b18-14+. The van der Waals surface area contributed by atoms with E-state index in [1.54, 1.807) is 19.4 Å². The van der Waals surface area contributed by atoms with Crippen LogP contribution in [0.3, 0.4) is 0 Å². The average molecular weight is 414 g/mol. The molecule has 4 rings (SSSR count). The molecular formula is C27H27NO3. The van der Waals surface area contributed by atoms with Crippen LogP contribution in [0.5, 0.6) is 5.75 Å². The zero-order valence-electron chi connectivity index (χ0n) is 18.2. The largest absolute Gasteiger partial charge is 0.496 e. The number of fused-ring (bicyclic) bond motifs is 2. The smallest absolute Gasteiger partial charge is 0.244 e. The molecule has 3 aromatic carbocycles. The van der Waals surface area contributed by atoms with Crippen molar-refractivity contribution in [3.05, 3.63) is 72.5 Å². The van der Waals surface area contributed by atoms with Gasteiger partial charge in [-0.25, -0.2) is 0 Å². The molecule has 158 valence electrons. The van der Waals surface area contributed by atoms with Gasteiger partial charge in [0.05, 0.1) is 13.4 Å². The summed E-state index contributed by atoms with van der Waals surface area (Å²) in [7, 11) is 1.63. The highest BCUT2D eigenvalue weighted by Crippen LogP contribution is 2.39. The van der Waals surface area contributed by atoms with E-state index in [1.165, 1.54) is 10.8 Å². The summed E-state index contributed by atoms with van der Waals surface area (Å²) in [5.41, 5.74) is 4.62. The molecular weight excluding hydrogens is 386 g/mol. The van der Waals surface area contributed by atoms with E-state index in [4.69, 9.17) is 9.15 Å². The highest BCUT2D eigenvalue weighted by atomic mass is 16.5. The number of furan rings is 1. The predicted molar refractivity (Wildman–Crippen MR) is 127 cm³/mol. The molecule has 0 atom stereocenters. The minimum Gasteiger partial charge on any atom is -0.496 e.